The van der Waals surface area contributed by atoms with Crippen molar-refractivity contribution < 1.29 is 14.5 Å². The molecule has 0 unspecified atom stereocenters. The minimum atomic E-state index is -0.601. The van der Waals surface area contributed by atoms with E-state index in [1.165, 1.54) is 12.1 Å². The van der Waals surface area contributed by atoms with Crippen LogP contribution in [-0.2, 0) is 4.74 Å². The van der Waals surface area contributed by atoms with Gasteiger partial charge in [0.1, 0.15) is 11.4 Å². The van der Waals surface area contributed by atoms with E-state index in [1.54, 1.807) is 39.8 Å². The van der Waals surface area contributed by atoms with Gasteiger partial charge >= 0.3 is 6.09 Å². The van der Waals surface area contributed by atoms with Crippen LogP contribution in [0.1, 0.15) is 26.3 Å². The number of aryl methyl sites for hydroxylation is 1. The number of nitro benzene ring substituents is 1. The second-order valence-electron chi connectivity index (χ2n) is 5.91. The summed E-state index contributed by atoms with van der Waals surface area (Å²) in [6, 6.07) is 6.05. The maximum absolute atomic E-state index is 11.8. The van der Waals surface area contributed by atoms with Crippen molar-refractivity contribution in [1.29, 1.82) is 0 Å². The predicted molar refractivity (Wildman–Crippen MR) is 83.0 cm³/mol. The number of rotatable bonds is 2. The van der Waals surface area contributed by atoms with Crippen molar-refractivity contribution in [1.82, 2.24) is 4.98 Å². The van der Waals surface area contributed by atoms with Crippen molar-refractivity contribution in [3.63, 3.8) is 0 Å². The Hall–Kier alpha value is -2.70. The van der Waals surface area contributed by atoms with Crippen molar-refractivity contribution >= 4 is 28.5 Å². The van der Waals surface area contributed by atoms with Gasteiger partial charge in [0.05, 0.1) is 10.4 Å². The summed E-state index contributed by atoms with van der Waals surface area (Å²) >= 11 is 0. The number of ether oxygens (including phenoxy) is 1. The summed E-state index contributed by atoms with van der Waals surface area (Å²) in [6.07, 6.45) is -0.597. The molecular weight excluding hydrogens is 286 g/mol. The number of benzene rings is 1. The quantitative estimate of drug-likeness (QED) is 0.672. The SMILES string of the molecule is Cc1cc(NC(=O)OC(C)(C)C)nc2ccc([N+](=O)[O-])cc12. The van der Waals surface area contributed by atoms with Crippen LogP contribution in [-0.4, -0.2) is 21.6 Å². The van der Waals surface area contributed by atoms with Gasteiger partial charge in [-0.25, -0.2) is 9.78 Å². The van der Waals surface area contributed by atoms with Gasteiger partial charge in [-0.2, -0.15) is 0 Å². The molecule has 0 aliphatic carbocycles. The average molecular weight is 303 g/mol. The number of fused-ring (bicyclic) bond motifs is 1. The average Bonchev–Trinajstić information content (AvgIpc) is 2.35. The van der Waals surface area contributed by atoms with Crippen molar-refractivity contribution in [2.45, 2.75) is 33.3 Å². The molecule has 0 saturated heterocycles. The highest BCUT2D eigenvalue weighted by molar-refractivity contribution is 5.89. The minimum Gasteiger partial charge on any atom is -0.444 e. The number of nitrogens with one attached hydrogen (secondary N) is 1. The van der Waals surface area contributed by atoms with Gasteiger partial charge in [0.2, 0.25) is 0 Å². The fourth-order valence-corrected chi connectivity index (χ4v) is 1.97. The molecule has 2 rings (SSSR count). The fourth-order valence-electron chi connectivity index (χ4n) is 1.97. The molecule has 1 aromatic carbocycles. The van der Waals surface area contributed by atoms with Gasteiger partial charge in [0, 0.05) is 17.5 Å². The fraction of sp³-hybridized carbons (Fsp3) is 0.333. The van der Waals surface area contributed by atoms with Crippen LogP contribution in [0.5, 0.6) is 0 Å². The number of anilines is 1. The Morgan fingerprint density at radius 2 is 2.00 bits per heavy atom. The maximum atomic E-state index is 11.8. The number of amides is 1. The molecule has 2 aromatic rings. The van der Waals surface area contributed by atoms with E-state index >= 15 is 0 Å². The summed E-state index contributed by atoms with van der Waals surface area (Å²) in [7, 11) is 0. The Balaban J connectivity index is 2.32. The molecule has 0 fully saturated rings. The molecule has 0 spiro atoms. The van der Waals surface area contributed by atoms with Crippen molar-refractivity contribution in [3.8, 4) is 0 Å². The molecule has 7 heteroatoms. The molecule has 116 valence electrons. The smallest absolute Gasteiger partial charge is 0.413 e. The lowest BCUT2D eigenvalue weighted by atomic mass is 10.1. The lowest BCUT2D eigenvalue weighted by Gasteiger charge is -2.19. The summed E-state index contributed by atoms with van der Waals surface area (Å²) in [5.74, 6) is 0.341. The normalized spacial score (nSPS) is 11.3. The van der Waals surface area contributed by atoms with Crippen LogP contribution in [0, 0.1) is 17.0 Å². The zero-order chi connectivity index (χ0) is 16.5. The van der Waals surface area contributed by atoms with Crippen molar-refractivity contribution in [2.24, 2.45) is 0 Å². The zero-order valence-corrected chi connectivity index (χ0v) is 12.8. The summed E-state index contributed by atoms with van der Waals surface area (Å²) in [6.45, 7) is 7.11. The third-order valence-corrected chi connectivity index (χ3v) is 2.84. The van der Waals surface area contributed by atoms with E-state index in [4.69, 9.17) is 4.74 Å². The van der Waals surface area contributed by atoms with Gasteiger partial charge in [0.25, 0.3) is 5.69 Å². The molecule has 0 saturated carbocycles. The van der Waals surface area contributed by atoms with Gasteiger partial charge in [-0.3, -0.25) is 15.4 Å². The zero-order valence-electron chi connectivity index (χ0n) is 12.8. The van der Waals surface area contributed by atoms with Crippen LogP contribution in [0.4, 0.5) is 16.3 Å². The third kappa shape index (κ3) is 3.69. The van der Waals surface area contributed by atoms with Gasteiger partial charge < -0.3 is 4.74 Å². The number of carbonyl (C=O) groups excluding carboxylic acids is 1. The second-order valence-corrected chi connectivity index (χ2v) is 5.91. The van der Waals surface area contributed by atoms with Gasteiger partial charge in [0.15, 0.2) is 0 Å². The summed E-state index contributed by atoms with van der Waals surface area (Å²) in [5.41, 5.74) is 0.748. The largest absolute Gasteiger partial charge is 0.444 e. The monoisotopic (exact) mass is 303 g/mol. The molecular formula is C15H17N3O4. The number of carbonyl (C=O) groups is 1. The van der Waals surface area contributed by atoms with Crippen LogP contribution >= 0.6 is 0 Å². The highest BCUT2D eigenvalue weighted by Crippen LogP contribution is 2.25. The molecule has 0 radical (unpaired) electrons. The maximum Gasteiger partial charge on any atom is 0.413 e. The van der Waals surface area contributed by atoms with E-state index in [0.29, 0.717) is 16.7 Å². The minimum absolute atomic E-state index is 0.00486. The molecule has 1 heterocycles. The molecule has 22 heavy (non-hydrogen) atoms. The Kier molecular flexibility index (Phi) is 3.99. The van der Waals surface area contributed by atoms with Gasteiger partial charge in [-0.05, 0) is 45.4 Å². The number of nitro groups is 1. The van der Waals surface area contributed by atoms with Crippen LogP contribution < -0.4 is 5.32 Å². The van der Waals surface area contributed by atoms with Crippen LogP contribution in [0.3, 0.4) is 0 Å². The van der Waals surface area contributed by atoms with Crippen LogP contribution in [0.2, 0.25) is 0 Å². The first-order valence-corrected chi connectivity index (χ1v) is 6.71. The molecule has 0 atom stereocenters. The molecule has 1 amide bonds. The summed E-state index contributed by atoms with van der Waals surface area (Å²) in [4.78, 5) is 26.4. The van der Waals surface area contributed by atoms with E-state index in [0.717, 1.165) is 5.56 Å². The molecule has 0 aliphatic heterocycles. The lowest BCUT2D eigenvalue weighted by Crippen LogP contribution is -2.27. The first-order valence-electron chi connectivity index (χ1n) is 6.71. The van der Waals surface area contributed by atoms with E-state index in [1.807, 2.05) is 0 Å². The standard InChI is InChI=1S/C15H17N3O4/c1-9-7-13(17-14(19)22-15(2,3)4)16-12-6-5-10(18(20)21)8-11(9)12/h5-8H,1-4H3,(H,16,17,19). The Bertz CT molecular complexity index is 750. The number of non-ortho nitro benzene ring substituents is 1. The first-order chi connectivity index (χ1) is 10.2. The van der Waals surface area contributed by atoms with Crippen molar-refractivity contribution in [3.05, 3.63) is 39.9 Å². The molecule has 7 nitrogen and oxygen atoms in total. The lowest BCUT2D eigenvalue weighted by molar-refractivity contribution is -0.384. The second kappa shape index (κ2) is 5.59. The predicted octanol–water partition coefficient (Wildman–Crippen LogP) is 3.80. The Morgan fingerprint density at radius 1 is 1.32 bits per heavy atom. The summed E-state index contributed by atoms with van der Waals surface area (Å²) < 4.78 is 5.16. The Morgan fingerprint density at radius 3 is 2.59 bits per heavy atom. The van der Waals surface area contributed by atoms with E-state index in [-0.39, 0.29) is 5.69 Å². The number of pyridine rings is 1. The first kappa shape index (κ1) is 15.7. The van der Waals surface area contributed by atoms with E-state index in [2.05, 4.69) is 10.3 Å². The number of hydrogen-bond acceptors (Lipinski definition) is 5. The van der Waals surface area contributed by atoms with Crippen LogP contribution in [0.25, 0.3) is 10.9 Å². The topological polar surface area (TPSA) is 94.4 Å². The van der Waals surface area contributed by atoms with Crippen molar-refractivity contribution in [2.75, 3.05) is 5.32 Å². The third-order valence-electron chi connectivity index (χ3n) is 2.84. The number of hydrogen-bond donors (Lipinski definition) is 1. The van der Waals surface area contributed by atoms with E-state index in [9.17, 15) is 14.9 Å². The molecule has 0 aliphatic rings. The van der Waals surface area contributed by atoms with Gasteiger partial charge in [-0.15, -0.1) is 0 Å². The Labute approximate surface area is 127 Å². The van der Waals surface area contributed by atoms with E-state index < -0.39 is 16.6 Å². The molecule has 1 aromatic heterocycles. The molecule has 1 N–H and O–H groups in total. The number of aromatic nitrogens is 1. The molecule has 0 bridgehead atoms. The summed E-state index contributed by atoms with van der Waals surface area (Å²) in [5, 5.41) is 14.0. The van der Waals surface area contributed by atoms with Crippen LogP contribution in [0.15, 0.2) is 24.3 Å². The number of nitrogens with zero attached hydrogens (tertiary/aromatic N) is 2. The highest BCUT2D eigenvalue weighted by atomic mass is 16.6. The van der Waals surface area contributed by atoms with Gasteiger partial charge in [-0.1, -0.05) is 0 Å². The highest BCUT2D eigenvalue weighted by Gasteiger charge is 2.17.